The molecular formula is C16H25F3N2. The maximum absolute atomic E-state index is 13.1. The predicted molar refractivity (Wildman–Crippen MR) is 79.0 cm³/mol. The number of rotatable bonds is 9. The highest BCUT2D eigenvalue weighted by atomic mass is 19.4. The van der Waals surface area contributed by atoms with E-state index in [1.54, 1.807) is 0 Å². The molecule has 0 aliphatic carbocycles. The Labute approximate surface area is 125 Å². The van der Waals surface area contributed by atoms with Crippen molar-refractivity contribution in [3.05, 3.63) is 29.6 Å². The number of nitrogens with one attached hydrogen (secondary N) is 1. The lowest BCUT2D eigenvalue weighted by Crippen LogP contribution is -2.25. The summed E-state index contributed by atoms with van der Waals surface area (Å²) in [5.41, 5.74) is -0.295. The first-order valence-corrected chi connectivity index (χ1v) is 7.75. The molecular weight excluding hydrogens is 277 g/mol. The fourth-order valence-electron chi connectivity index (χ4n) is 2.40. The van der Waals surface area contributed by atoms with E-state index in [1.165, 1.54) is 12.4 Å². The van der Waals surface area contributed by atoms with E-state index in [0.717, 1.165) is 44.6 Å². The standard InChI is InChI=1S/C16H25F3N2/c1-3-5-6-7-8-15(21-10-4-2)13-12-20-11-9-14(13)16(17,18)19/h9,11-12,15,21H,3-8,10H2,1-2H3. The second kappa shape index (κ2) is 9.03. The Morgan fingerprint density at radius 2 is 1.90 bits per heavy atom. The van der Waals surface area contributed by atoms with Gasteiger partial charge in [-0.05, 0) is 31.0 Å². The lowest BCUT2D eigenvalue weighted by atomic mass is 9.97. The molecule has 1 aromatic heterocycles. The van der Waals surface area contributed by atoms with Crippen LogP contribution >= 0.6 is 0 Å². The van der Waals surface area contributed by atoms with Crippen molar-refractivity contribution in [3.8, 4) is 0 Å². The third kappa shape index (κ3) is 6.04. The largest absolute Gasteiger partial charge is 0.416 e. The van der Waals surface area contributed by atoms with E-state index in [9.17, 15) is 13.2 Å². The van der Waals surface area contributed by atoms with Crippen molar-refractivity contribution in [3.63, 3.8) is 0 Å². The molecule has 1 unspecified atom stereocenters. The number of hydrogen-bond acceptors (Lipinski definition) is 2. The van der Waals surface area contributed by atoms with Gasteiger partial charge in [0, 0.05) is 18.4 Å². The molecule has 0 spiro atoms. The van der Waals surface area contributed by atoms with Gasteiger partial charge >= 0.3 is 6.18 Å². The van der Waals surface area contributed by atoms with Crippen LogP contribution in [-0.2, 0) is 6.18 Å². The normalized spacial score (nSPS) is 13.4. The minimum absolute atomic E-state index is 0.271. The molecule has 5 heteroatoms. The van der Waals surface area contributed by atoms with Crippen LogP contribution in [0, 0.1) is 0 Å². The van der Waals surface area contributed by atoms with E-state index in [0.29, 0.717) is 6.54 Å². The van der Waals surface area contributed by atoms with Gasteiger partial charge in [0.25, 0.3) is 0 Å². The number of unbranched alkanes of at least 4 members (excludes halogenated alkanes) is 3. The third-order valence-electron chi connectivity index (χ3n) is 3.52. The van der Waals surface area contributed by atoms with Gasteiger partial charge in [0.1, 0.15) is 0 Å². The first kappa shape index (κ1) is 18.0. The smallest absolute Gasteiger partial charge is 0.310 e. The second-order valence-electron chi connectivity index (χ2n) is 5.32. The van der Waals surface area contributed by atoms with Crippen molar-refractivity contribution in [2.75, 3.05) is 6.54 Å². The summed E-state index contributed by atoms with van der Waals surface area (Å²) in [6.45, 7) is 4.84. The summed E-state index contributed by atoms with van der Waals surface area (Å²) < 4.78 is 39.4. The van der Waals surface area contributed by atoms with E-state index in [1.807, 2.05) is 6.92 Å². The zero-order valence-corrected chi connectivity index (χ0v) is 12.8. The first-order valence-electron chi connectivity index (χ1n) is 7.75. The Morgan fingerprint density at radius 1 is 1.14 bits per heavy atom. The third-order valence-corrected chi connectivity index (χ3v) is 3.52. The van der Waals surface area contributed by atoms with Gasteiger partial charge in [-0.25, -0.2) is 0 Å². The van der Waals surface area contributed by atoms with Gasteiger partial charge < -0.3 is 5.32 Å². The lowest BCUT2D eigenvalue weighted by molar-refractivity contribution is -0.138. The van der Waals surface area contributed by atoms with Gasteiger partial charge in [0.05, 0.1) is 5.56 Å². The van der Waals surface area contributed by atoms with Gasteiger partial charge in [-0.1, -0.05) is 39.5 Å². The molecule has 0 aromatic carbocycles. The molecule has 0 aliphatic rings. The number of hydrogen-bond donors (Lipinski definition) is 1. The minimum Gasteiger partial charge on any atom is -0.310 e. The van der Waals surface area contributed by atoms with Crippen molar-refractivity contribution in [2.45, 2.75) is 64.6 Å². The predicted octanol–water partition coefficient (Wildman–Crippen LogP) is 5.11. The Kier molecular flexibility index (Phi) is 7.72. The molecule has 21 heavy (non-hydrogen) atoms. The summed E-state index contributed by atoms with van der Waals surface area (Å²) in [7, 11) is 0. The zero-order valence-electron chi connectivity index (χ0n) is 12.8. The molecule has 0 aliphatic heterocycles. The van der Waals surface area contributed by atoms with E-state index in [-0.39, 0.29) is 11.6 Å². The average molecular weight is 302 g/mol. The highest BCUT2D eigenvalue weighted by Gasteiger charge is 2.35. The summed E-state index contributed by atoms with van der Waals surface area (Å²) >= 11 is 0. The Balaban J connectivity index is 2.86. The molecule has 2 nitrogen and oxygen atoms in total. The molecule has 1 N–H and O–H groups in total. The van der Waals surface area contributed by atoms with Crippen LogP contribution < -0.4 is 5.32 Å². The van der Waals surface area contributed by atoms with Gasteiger partial charge in [-0.2, -0.15) is 13.2 Å². The molecule has 0 fully saturated rings. The number of halogens is 3. The van der Waals surface area contributed by atoms with Crippen molar-refractivity contribution in [1.82, 2.24) is 10.3 Å². The second-order valence-corrected chi connectivity index (χ2v) is 5.32. The molecule has 0 saturated heterocycles. The summed E-state index contributed by atoms with van der Waals surface area (Å²) in [4.78, 5) is 3.89. The first-order chi connectivity index (χ1) is 10.0. The van der Waals surface area contributed by atoms with E-state index in [2.05, 4.69) is 17.2 Å². The quantitative estimate of drug-likeness (QED) is 0.641. The Bertz CT molecular complexity index is 405. The number of pyridine rings is 1. The highest BCUT2D eigenvalue weighted by molar-refractivity contribution is 5.29. The van der Waals surface area contributed by atoms with Crippen LogP contribution in [0.4, 0.5) is 13.2 Å². The fourth-order valence-corrected chi connectivity index (χ4v) is 2.40. The molecule has 0 bridgehead atoms. The number of nitrogens with zero attached hydrogens (tertiary/aromatic N) is 1. The van der Waals surface area contributed by atoms with Crippen molar-refractivity contribution >= 4 is 0 Å². The summed E-state index contributed by atoms with van der Waals surface area (Å²) in [6.07, 6.45) is 4.09. The summed E-state index contributed by atoms with van der Waals surface area (Å²) in [6, 6.07) is 0.800. The molecule has 0 radical (unpaired) electrons. The number of aromatic nitrogens is 1. The highest BCUT2D eigenvalue weighted by Crippen LogP contribution is 2.35. The van der Waals surface area contributed by atoms with Crippen molar-refractivity contribution < 1.29 is 13.2 Å². The summed E-state index contributed by atoms with van der Waals surface area (Å²) in [5, 5.41) is 3.24. The number of alkyl halides is 3. The average Bonchev–Trinajstić information content (AvgIpc) is 2.46. The van der Waals surface area contributed by atoms with Crippen molar-refractivity contribution in [1.29, 1.82) is 0 Å². The van der Waals surface area contributed by atoms with Gasteiger partial charge in [0.2, 0.25) is 0 Å². The van der Waals surface area contributed by atoms with E-state index in [4.69, 9.17) is 0 Å². The van der Waals surface area contributed by atoms with Gasteiger partial charge in [-0.15, -0.1) is 0 Å². The van der Waals surface area contributed by atoms with Gasteiger partial charge in [0.15, 0.2) is 0 Å². The fraction of sp³-hybridized carbons (Fsp3) is 0.688. The van der Waals surface area contributed by atoms with Crippen LogP contribution in [0.15, 0.2) is 18.5 Å². The topological polar surface area (TPSA) is 24.9 Å². The Hall–Kier alpha value is -1.10. The molecule has 0 saturated carbocycles. The Morgan fingerprint density at radius 3 is 2.52 bits per heavy atom. The monoisotopic (exact) mass is 302 g/mol. The van der Waals surface area contributed by atoms with E-state index < -0.39 is 11.7 Å². The minimum atomic E-state index is -4.33. The lowest BCUT2D eigenvalue weighted by Gasteiger charge is -2.22. The van der Waals surface area contributed by atoms with Crippen LogP contribution in [0.1, 0.15) is 69.5 Å². The van der Waals surface area contributed by atoms with Crippen LogP contribution in [0.2, 0.25) is 0 Å². The zero-order chi connectivity index (χ0) is 15.7. The molecule has 0 amide bonds. The molecule has 1 heterocycles. The maximum atomic E-state index is 13.1. The molecule has 1 aromatic rings. The van der Waals surface area contributed by atoms with Crippen LogP contribution in [-0.4, -0.2) is 11.5 Å². The van der Waals surface area contributed by atoms with Crippen molar-refractivity contribution in [2.24, 2.45) is 0 Å². The maximum Gasteiger partial charge on any atom is 0.416 e. The summed E-state index contributed by atoms with van der Waals surface area (Å²) in [5.74, 6) is 0. The molecule has 1 atom stereocenters. The van der Waals surface area contributed by atoms with Crippen LogP contribution in [0.5, 0.6) is 0 Å². The van der Waals surface area contributed by atoms with Gasteiger partial charge in [-0.3, -0.25) is 4.98 Å². The van der Waals surface area contributed by atoms with Crippen LogP contribution in [0.25, 0.3) is 0 Å². The molecule has 120 valence electrons. The van der Waals surface area contributed by atoms with E-state index >= 15 is 0 Å². The van der Waals surface area contributed by atoms with Crippen LogP contribution in [0.3, 0.4) is 0 Å². The molecule has 1 rings (SSSR count). The SMILES string of the molecule is CCCCCCC(NCCC)c1cnccc1C(F)(F)F.